The smallest absolute Gasteiger partial charge is 0.317 e. The SMILES string of the molecule is CCCN(CC(=O)O)Cc1cccc(OC)c1OC. The van der Waals surface area contributed by atoms with E-state index in [-0.39, 0.29) is 6.54 Å². The first-order chi connectivity index (χ1) is 9.12. The summed E-state index contributed by atoms with van der Waals surface area (Å²) >= 11 is 0. The van der Waals surface area contributed by atoms with Crippen LogP contribution in [0.1, 0.15) is 18.9 Å². The Labute approximate surface area is 113 Å². The zero-order valence-corrected chi connectivity index (χ0v) is 11.7. The molecule has 1 rings (SSSR count). The van der Waals surface area contributed by atoms with Gasteiger partial charge in [0.15, 0.2) is 11.5 Å². The van der Waals surface area contributed by atoms with Crippen molar-refractivity contribution in [2.75, 3.05) is 27.3 Å². The third kappa shape index (κ3) is 4.44. The van der Waals surface area contributed by atoms with E-state index in [1.807, 2.05) is 30.0 Å². The lowest BCUT2D eigenvalue weighted by molar-refractivity contribution is -0.138. The van der Waals surface area contributed by atoms with Gasteiger partial charge in [0, 0.05) is 12.1 Å². The number of nitrogens with zero attached hydrogens (tertiary/aromatic N) is 1. The summed E-state index contributed by atoms with van der Waals surface area (Å²) in [7, 11) is 3.17. The zero-order chi connectivity index (χ0) is 14.3. The molecule has 1 aromatic rings. The average Bonchev–Trinajstić information content (AvgIpc) is 2.37. The molecule has 0 aliphatic heterocycles. The maximum absolute atomic E-state index is 10.9. The number of hydrogen-bond acceptors (Lipinski definition) is 4. The molecule has 0 aliphatic carbocycles. The molecule has 106 valence electrons. The molecule has 0 amide bonds. The van der Waals surface area contributed by atoms with Crippen LogP contribution < -0.4 is 9.47 Å². The molecule has 0 aliphatic rings. The van der Waals surface area contributed by atoms with Crippen LogP contribution in [0.3, 0.4) is 0 Å². The lowest BCUT2D eigenvalue weighted by Gasteiger charge is -2.21. The Bertz CT molecular complexity index is 420. The first kappa shape index (κ1) is 15.3. The Hall–Kier alpha value is -1.75. The molecule has 0 saturated heterocycles. The molecule has 0 heterocycles. The second kappa shape index (κ2) is 7.63. The number of carbonyl (C=O) groups is 1. The highest BCUT2D eigenvalue weighted by Gasteiger charge is 2.14. The van der Waals surface area contributed by atoms with Crippen molar-refractivity contribution in [3.8, 4) is 11.5 Å². The van der Waals surface area contributed by atoms with Gasteiger partial charge in [0.25, 0.3) is 0 Å². The molecule has 0 aromatic heterocycles. The van der Waals surface area contributed by atoms with E-state index < -0.39 is 5.97 Å². The topological polar surface area (TPSA) is 59.0 Å². The summed E-state index contributed by atoms with van der Waals surface area (Å²) < 4.78 is 10.6. The largest absolute Gasteiger partial charge is 0.493 e. The molecule has 0 unspecified atom stereocenters. The predicted octanol–water partition coefficient (Wildman–Crippen LogP) is 2.00. The number of methoxy groups -OCH3 is 2. The van der Waals surface area contributed by atoms with Crippen LogP contribution in [0.4, 0.5) is 0 Å². The molecule has 0 atom stereocenters. The molecule has 5 nitrogen and oxygen atoms in total. The summed E-state index contributed by atoms with van der Waals surface area (Å²) in [6.07, 6.45) is 0.902. The highest BCUT2D eigenvalue weighted by Crippen LogP contribution is 2.31. The van der Waals surface area contributed by atoms with Crippen molar-refractivity contribution in [3.63, 3.8) is 0 Å². The van der Waals surface area contributed by atoms with E-state index in [0.29, 0.717) is 18.0 Å². The van der Waals surface area contributed by atoms with Gasteiger partial charge in [-0.05, 0) is 19.0 Å². The van der Waals surface area contributed by atoms with Crippen LogP contribution in [-0.2, 0) is 11.3 Å². The van der Waals surface area contributed by atoms with Crippen LogP contribution in [0.5, 0.6) is 11.5 Å². The lowest BCUT2D eigenvalue weighted by Crippen LogP contribution is -2.30. The Balaban J connectivity index is 2.91. The van der Waals surface area contributed by atoms with Gasteiger partial charge in [0.1, 0.15) is 0 Å². The fraction of sp³-hybridized carbons (Fsp3) is 0.500. The minimum Gasteiger partial charge on any atom is -0.493 e. The van der Waals surface area contributed by atoms with Crippen LogP contribution in [0.25, 0.3) is 0 Å². The van der Waals surface area contributed by atoms with Crippen LogP contribution >= 0.6 is 0 Å². The number of carboxylic acid groups (broad SMARTS) is 1. The Morgan fingerprint density at radius 2 is 2.05 bits per heavy atom. The fourth-order valence-electron chi connectivity index (χ4n) is 2.04. The number of rotatable bonds is 8. The summed E-state index contributed by atoms with van der Waals surface area (Å²) in [6, 6.07) is 5.62. The van der Waals surface area contributed by atoms with Crippen molar-refractivity contribution >= 4 is 5.97 Å². The molecule has 0 bridgehead atoms. The minimum atomic E-state index is -0.824. The summed E-state index contributed by atoms with van der Waals surface area (Å²) in [5, 5.41) is 8.92. The van der Waals surface area contributed by atoms with Crippen LogP contribution in [0.15, 0.2) is 18.2 Å². The van der Waals surface area contributed by atoms with Gasteiger partial charge < -0.3 is 14.6 Å². The molecule has 0 fully saturated rings. The van der Waals surface area contributed by atoms with Gasteiger partial charge in [-0.3, -0.25) is 9.69 Å². The average molecular weight is 267 g/mol. The van der Waals surface area contributed by atoms with E-state index in [2.05, 4.69) is 0 Å². The Morgan fingerprint density at radius 3 is 2.58 bits per heavy atom. The zero-order valence-electron chi connectivity index (χ0n) is 11.7. The van der Waals surface area contributed by atoms with Crippen LogP contribution in [0, 0.1) is 0 Å². The fourth-order valence-corrected chi connectivity index (χ4v) is 2.04. The van der Waals surface area contributed by atoms with Gasteiger partial charge in [-0.25, -0.2) is 0 Å². The number of benzene rings is 1. The highest BCUT2D eigenvalue weighted by molar-refractivity contribution is 5.69. The van der Waals surface area contributed by atoms with Crippen molar-refractivity contribution in [2.45, 2.75) is 19.9 Å². The summed E-state index contributed by atoms with van der Waals surface area (Å²) in [4.78, 5) is 12.7. The molecule has 19 heavy (non-hydrogen) atoms. The van der Waals surface area contributed by atoms with Crippen molar-refractivity contribution < 1.29 is 19.4 Å². The van der Waals surface area contributed by atoms with Gasteiger partial charge >= 0.3 is 5.97 Å². The van der Waals surface area contributed by atoms with Gasteiger partial charge in [0.05, 0.1) is 20.8 Å². The lowest BCUT2D eigenvalue weighted by atomic mass is 10.1. The normalized spacial score (nSPS) is 10.5. The van der Waals surface area contributed by atoms with Gasteiger partial charge in [-0.1, -0.05) is 19.1 Å². The van der Waals surface area contributed by atoms with E-state index in [4.69, 9.17) is 14.6 Å². The quantitative estimate of drug-likeness (QED) is 0.780. The molecule has 0 saturated carbocycles. The monoisotopic (exact) mass is 267 g/mol. The van der Waals surface area contributed by atoms with Crippen LogP contribution in [-0.4, -0.2) is 43.3 Å². The van der Waals surface area contributed by atoms with Crippen molar-refractivity contribution in [1.29, 1.82) is 0 Å². The summed E-state index contributed by atoms with van der Waals surface area (Å²) in [5.74, 6) is 0.499. The number of para-hydroxylation sites is 1. The molecular formula is C14H21NO4. The molecule has 0 radical (unpaired) electrons. The Kier molecular flexibility index (Phi) is 6.15. The Morgan fingerprint density at radius 1 is 1.32 bits per heavy atom. The van der Waals surface area contributed by atoms with Gasteiger partial charge in [-0.2, -0.15) is 0 Å². The maximum atomic E-state index is 10.9. The number of carboxylic acids is 1. The first-order valence-corrected chi connectivity index (χ1v) is 6.26. The van der Waals surface area contributed by atoms with E-state index in [1.54, 1.807) is 14.2 Å². The number of ether oxygens (including phenoxy) is 2. The molecular weight excluding hydrogens is 246 g/mol. The minimum absolute atomic E-state index is 0.0220. The predicted molar refractivity (Wildman–Crippen MR) is 72.7 cm³/mol. The van der Waals surface area contributed by atoms with Crippen molar-refractivity contribution in [1.82, 2.24) is 4.90 Å². The van der Waals surface area contributed by atoms with Crippen LogP contribution in [0.2, 0.25) is 0 Å². The third-order valence-electron chi connectivity index (χ3n) is 2.78. The molecule has 1 N–H and O–H groups in total. The number of aliphatic carboxylic acids is 1. The van der Waals surface area contributed by atoms with E-state index >= 15 is 0 Å². The van der Waals surface area contributed by atoms with Crippen molar-refractivity contribution in [3.05, 3.63) is 23.8 Å². The van der Waals surface area contributed by atoms with Gasteiger partial charge in [-0.15, -0.1) is 0 Å². The van der Waals surface area contributed by atoms with E-state index in [0.717, 1.165) is 18.5 Å². The van der Waals surface area contributed by atoms with Gasteiger partial charge in [0.2, 0.25) is 0 Å². The van der Waals surface area contributed by atoms with Crippen molar-refractivity contribution in [2.24, 2.45) is 0 Å². The number of hydrogen-bond donors (Lipinski definition) is 1. The summed E-state index contributed by atoms with van der Waals surface area (Å²) in [5.41, 5.74) is 0.927. The maximum Gasteiger partial charge on any atom is 0.317 e. The molecule has 0 spiro atoms. The van der Waals surface area contributed by atoms with E-state index in [1.165, 1.54) is 0 Å². The third-order valence-corrected chi connectivity index (χ3v) is 2.78. The van der Waals surface area contributed by atoms with E-state index in [9.17, 15) is 4.79 Å². The standard InChI is InChI=1S/C14H21NO4/c1-4-8-15(10-13(16)17)9-11-6-5-7-12(18-2)14(11)19-3/h5-7H,4,8-10H2,1-3H3,(H,16,17). The molecule has 5 heteroatoms. The summed E-state index contributed by atoms with van der Waals surface area (Å²) in [6.45, 7) is 3.30. The molecule has 1 aromatic carbocycles. The second-order valence-electron chi connectivity index (χ2n) is 4.26. The first-order valence-electron chi connectivity index (χ1n) is 6.26. The second-order valence-corrected chi connectivity index (χ2v) is 4.26. The highest BCUT2D eigenvalue weighted by atomic mass is 16.5.